The number of carbonyl (C=O) groups excluding carboxylic acids is 1. The van der Waals surface area contributed by atoms with Gasteiger partial charge in [-0.1, -0.05) is 17.7 Å². The van der Waals surface area contributed by atoms with Crippen LogP contribution >= 0.6 is 11.6 Å². The Kier molecular flexibility index (Phi) is 5.96. The lowest BCUT2D eigenvalue weighted by atomic mass is 10.2. The highest BCUT2D eigenvalue weighted by Gasteiger charge is 2.21. The summed E-state index contributed by atoms with van der Waals surface area (Å²) in [5, 5.41) is 8.63. The fourth-order valence-electron chi connectivity index (χ4n) is 1.72. The zero-order valence-electron chi connectivity index (χ0n) is 13.2. The molecule has 2 aromatic rings. The molecule has 9 nitrogen and oxygen atoms in total. The second kappa shape index (κ2) is 8.15. The van der Waals surface area contributed by atoms with Crippen LogP contribution in [0.3, 0.4) is 0 Å². The summed E-state index contributed by atoms with van der Waals surface area (Å²) in [5.74, 6) is -1.92. The number of carbonyl (C=O) groups is 2. The molecule has 0 aliphatic heterocycles. The van der Waals surface area contributed by atoms with Crippen molar-refractivity contribution < 1.29 is 33.6 Å². The lowest BCUT2D eigenvalue weighted by Crippen LogP contribution is -2.14. The van der Waals surface area contributed by atoms with E-state index in [-0.39, 0.29) is 34.1 Å². The maximum Gasteiger partial charge on any atom is 0.344 e. The van der Waals surface area contributed by atoms with E-state index in [0.717, 1.165) is 0 Å². The zero-order valence-corrected chi connectivity index (χ0v) is 13.9. The minimum atomic E-state index is -1.30. The number of ether oxygens (including phenoxy) is 4. The van der Waals surface area contributed by atoms with Gasteiger partial charge in [0.15, 0.2) is 6.61 Å². The van der Waals surface area contributed by atoms with Gasteiger partial charge in [-0.3, -0.25) is 0 Å². The van der Waals surface area contributed by atoms with Gasteiger partial charge in [0.2, 0.25) is 11.8 Å². The predicted octanol–water partition coefficient (Wildman–Crippen LogP) is 2.18. The van der Waals surface area contributed by atoms with Crippen LogP contribution in [0.5, 0.6) is 23.5 Å². The molecule has 2 rings (SSSR count). The average Bonchev–Trinajstić information content (AvgIpc) is 2.59. The molecule has 132 valence electrons. The van der Waals surface area contributed by atoms with Crippen LogP contribution in [-0.2, 0) is 9.53 Å². The Morgan fingerprint density at radius 2 is 1.80 bits per heavy atom. The van der Waals surface area contributed by atoms with Gasteiger partial charge >= 0.3 is 17.9 Å². The summed E-state index contributed by atoms with van der Waals surface area (Å²) in [7, 11) is 2.80. The van der Waals surface area contributed by atoms with E-state index in [1.807, 2.05) is 0 Å². The van der Waals surface area contributed by atoms with E-state index in [2.05, 4.69) is 14.7 Å². The molecule has 0 bridgehead atoms. The smallest absolute Gasteiger partial charge is 0.344 e. The summed E-state index contributed by atoms with van der Waals surface area (Å²) in [4.78, 5) is 30.6. The number of nitrogens with zero attached hydrogens (tertiary/aromatic N) is 2. The van der Waals surface area contributed by atoms with Crippen molar-refractivity contribution in [2.45, 2.75) is 0 Å². The number of carboxylic acids is 1. The molecule has 10 heteroatoms. The Labute approximate surface area is 147 Å². The summed E-state index contributed by atoms with van der Waals surface area (Å²) in [6, 6.07) is 5.67. The van der Waals surface area contributed by atoms with Crippen molar-refractivity contribution in [3.8, 4) is 23.5 Å². The topological polar surface area (TPSA) is 117 Å². The van der Waals surface area contributed by atoms with Crippen molar-refractivity contribution in [3.63, 3.8) is 0 Å². The number of aromatic nitrogens is 2. The Morgan fingerprint density at radius 3 is 2.36 bits per heavy atom. The monoisotopic (exact) mass is 368 g/mol. The minimum absolute atomic E-state index is 0.0156. The van der Waals surface area contributed by atoms with E-state index >= 15 is 0 Å². The molecule has 1 N–H and O–H groups in total. The summed E-state index contributed by atoms with van der Waals surface area (Å²) >= 11 is 6.00. The van der Waals surface area contributed by atoms with Crippen LogP contribution in [0.1, 0.15) is 10.4 Å². The minimum Gasteiger partial charge on any atom is -0.481 e. The fraction of sp³-hybridized carbons (Fsp3) is 0.200. The van der Waals surface area contributed by atoms with E-state index in [1.54, 1.807) is 0 Å². The van der Waals surface area contributed by atoms with Gasteiger partial charge in [0.05, 0.1) is 25.3 Å². The molecule has 1 aromatic carbocycles. The van der Waals surface area contributed by atoms with Gasteiger partial charge in [-0.15, -0.1) is 0 Å². The van der Waals surface area contributed by atoms with E-state index in [0.29, 0.717) is 0 Å². The Morgan fingerprint density at radius 1 is 1.16 bits per heavy atom. The Hall–Kier alpha value is -3.07. The normalized spacial score (nSPS) is 10.0. The second-order valence-electron chi connectivity index (χ2n) is 4.42. The van der Waals surface area contributed by atoms with Gasteiger partial charge in [-0.05, 0) is 12.1 Å². The zero-order chi connectivity index (χ0) is 18.4. The maximum atomic E-state index is 12.1. The summed E-state index contributed by atoms with van der Waals surface area (Å²) in [6.45, 7) is -0.813. The largest absolute Gasteiger partial charge is 0.481 e. The van der Waals surface area contributed by atoms with Gasteiger partial charge < -0.3 is 24.1 Å². The van der Waals surface area contributed by atoms with Gasteiger partial charge in [0.25, 0.3) is 0 Å². The van der Waals surface area contributed by atoms with Gasteiger partial charge in [-0.2, -0.15) is 9.97 Å². The number of methoxy groups -OCH3 is 2. The molecule has 0 radical (unpaired) electrons. The third kappa shape index (κ3) is 4.70. The summed E-state index contributed by atoms with van der Waals surface area (Å²) < 4.78 is 20.1. The van der Waals surface area contributed by atoms with Crippen molar-refractivity contribution >= 4 is 23.5 Å². The summed E-state index contributed by atoms with van der Waals surface area (Å²) in [5.41, 5.74) is -0.157. The van der Waals surface area contributed by atoms with Crippen LogP contribution in [0.2, 0.25) is 5.02 Å². The van der Waals surface area contributed by atoms with Crippen LogP contribution in [0, 0.1) is 0 Å². The number of halogens is 1. The van der Waals surface area contributed by atoms with E-state index in [9.17, 15) is 9.59 Å². The van der Waals surface area contributed by atoms with Crippen molar-refractivity contribution in [3.05, 3.63) is 34.9 Å². The molecule has 0 fully saturated rings. The predicted molar refractivity (Wildman–Crippen MR) is 84.6 cm³/mol. The third-order valence-electron chi connectivity index (χ3n) is 2.78. The lowest BCUT2D eigenvalue weighted by Gasteiger charge is -2.11. The number of carboxylic acid groups (broad SMARTS) is 1. The standard InChI is InChI=1S/C15H13ClN2O7/c1-22-10-6-11(23-2)18-15(17-10)25-9-5-3-4-8(16)13(9)14(21)24-7-12(19)20/h3-6H,7H2,1-2H3,(H,19,20). The number of benzene rings is 1. The van der Waals surface area contributed by atoms with Crippen LogP contribution in [0.4, 0.5) is 0 Å². The van der Waals surface area contributed by atoms with E-state index in [1.165, 1.54) is 38.5 Å². The number of esters is 1. The molecule has 0 aliphatic carbocycles. The van der Waals surface area contributed by atoms with Crippen LogP contribution in [0.15, 0.2) is 24.3 Å². The number of rotatable bonds is 7. The Balaban J connectivity index is 2.35. The molecule has 1 aromatic heterocycles. The van der Waals surface area contributed by atoms with Gasteiger partial charge in [0, 0.05) is 0 Å². The average molecular weight is 369 g/mol. The third-order valence-corrected chi connectivity index (χ3v) is 3.10. The van der Waals surface area contributed by atoms with E-state index < -0.39 is 18.5 Å². The molecule has 0 amide bonds. The first-order valence-electron chi connectivity index (χ1n) is 6.77. The number of hydrogen-bond donors (Lipinski definition) is 1. The van der Waals surface area contributed by atoms with Gasteiger partial charge in [-0.25, -0.2) is 9.59 Å². The van der Waals surface area contributed by atoms with Crippen LogP contribution in [-0.4, -0.2) is 47.8 Å². The van der Waals surface area contributed by atoms with Crippen LogP contribution in [0.25, 0.3) is 0 Å². The summed E-state index contributed by atoms with van der Waals surface area (Å²) in [6.07, 6.45) is 0. The lowest BCUT2D eigenvalue weighted by molar-refractivity contribution is -0.140. The molecule has 0 saturated heterocycles. The second-order valence-corrected chi connectivity index (χ2v) is 4.83. The molecule has 1 heterocycles. The van der Waals surface area contributed by atoms with Crippen molar-refractivity contribution in [1.29, 1.82) is 0 Å². The highest BCUT2D eigenvalue weighted by molar-refractivity contribution is 6.34. The first-order chi connectivity index (χ1) is 11.9. The Bertz CT molecular complexity index is 775. The first kappa shape index (κ1) is 18.3. The molecular formula is C15H13ClN2O7. The maximum absolute atomic E-state index is 12.1. The van der Waals surface area contributed by atoms with Crippen molar-refractivity contribution in [1.82, 2.24) is 9.97 Å². The molecule has 0 atom stereocenters. The number of aliphatic carboxylic acids is 1. The molecular weight excluding hydrogens is 356 g/mol. The highest BCUT2D eigenvalue weighted by Crippen LogP contribution is 2.31. The quantitative estimate of drug-likeness (QED) is 0.733. The van der Waals surface area contributed by atoms with Crippen molar-refractivity contribution in [2.75, 3.05) is 20.8 Å². The van der Waals surface area contributed by atoms with Gasteiger partial charge in [0.1, 0.15) is 11.3 Å². The fourth-order valence-corrected chi connectivity index (χ4v) is 1.97. The number of hydrogen-bond acceptors (Lipinski definition) is 8. The van der Waals surface area contributed by atoms with E-state index in [4.69, 9.17) is 30.9 Å². The molecule has 0 spiro atoms. The van der Waals surface area contributed by atoms with Crippen LogP contribution < -0.4 is 14.2 Å². The molecule has 0 aliphatic rings. The molecule has 25 heavy (non-hydrogen) atoms. The highest BCUT2D eigenvalue weighted by atomic mass is 35.5. The molecule has 0 saturated carbocycles. The van der Waals surface area contributed by atoms with Crippen molar-refractivity contribution in [2.24, 2.45) is 0 Å². The SMILES string of the molecule is COc1cc(OC)nc(Oc2cccc(Cl)c2C(=O)OCC(=O)O)n1. The molecule has 0 unspecified atom stereocenters. The first-order valence-corrected chi connectivity index (χ1v) is 7.14.